The molecular formula is C14H17NO2. The predicted octanol–water partition coefficient (Wildman–Crippen LogP) is 1.84. The van der Waals surface area contributed by atoms with E-state index >= 15 is 0 Å². The number of rotatable bonds is 3. The number of benzene rings is 1. The van der Waals surface area contributed by atoms with Gasteiger partial charge >= 0.3 is 5.97 Å². The Morgan fingerprint density at radius 3 is 2.71 bits per heavy atom. The van der Waals surface area contributed by atoms with Gasteiger partial charge in [0.2, 0.25) is 0 Å². The van der Waals surface area contributed by atoms with Crippen LogP contribution in [-0.4, -0.2) is 25.2 Å². The normalized spacial score (nSPS) is 30.5. The van der Waals surface area contributed by atoms with Gasteiger partial charge in [-0.15, -0.1) is 0 Å². The van der Waals surface area contributed by atoms with Gasteiger partial charge in [0.15, 0.2) is 0 Å². The van der Waals surface area contributed by atoms with Gasteiger partial charge < -0.3 is 10.1 Å². The molecule has 1 saturated heterocycles. The zero-order valence-electron chi connectivity index (χ0n) is 9.76. The van der Waals surface area contributed by atoms with Crippen LogP contribution in [0.15, 0.2) is 30.3 Å². The molecule has 3 rings (SSSR count). The van der Waals surface area contributed by atoms with Gasteiger partial charge in [-0.2, -0.15) is 0 Å². The highest BCUT2D eigenvalue weighted by atomic mass is 16.5. The first-order chi connectivity index (χ1) is 8.34. The van der Waals surface area contributed by atoms with Crippen LogP contribution in [0.5, 0.6) is 0 Å². The zero-order valence-corrected chi connectivity index (χ0v) is 9.76. The SMILES string of the molecule is O=C(OCC1C2CCC1NC2)c1ccccc1. The van der Waals surface area contributed by atoms with Crippen LogP contribution in [0.3, 0.4) is 0 Å². The Morgan fingerprint density at radius 2 is 2.12 bits per heavy atom. The Kier molecular flexibility index (Phi) is 2.85. The molecule has 17 heavy (non-hydrogen) atoms. The molecule has 3 heteroatoms. The minimum atomic E-state index is -0.197. The van der Waals surface area contributed by atoms with Crippen molar-refractivity contribution < 1.29 is 9.53 Å². The van der Waals surface area contributed by atoms with Crippen molar-refractivity contribution in [3.05, 3.63) is 35.9 Å². The highest BCUT2D eigenvalue weighted by Gasteiger charge is 2.41. The molecule has 3 atom stereocenters. The van der Waals surface area contributed by atoms with Gasteiger partial charge in [0.1, 0.15) is 0 Å². The smallest absolute Gasteiger partial charge is 0.338 e. The van der Waals surface area contributed by atoms with Crippen molar-refractivity contribution in [2.24, 2.45) is 11.8 Å². The molecule has 2 fully saturated rings. The molecule has 90 valence electrons. The third-order valence-electron chi connectivity index (χ3n) is 4.03. The van der Waals surface area contributed by atoms with Crippen LogP contribution in [0.1, 0.15) is 23.2 Å². The summed E-state index contributed by atoms with van der Waals surface area (Å²) in [5.74, 6) is 1.04. The Morgan fingerprint density at radius 1 is 1.29 bits per heavy atom. The monoisotopic (exact) mass is 231 g/mol. The maximum atomic E-state index is 11.8. The van der Waals surface area contributed by atoms with Gasteiger partial charge in [-0.25, -0.2) is 4.79 Å². The predicted molar refractivity (Wildman–Crippen MR) is 64.7 cm³/mol. The number of nitrogens with one attached hydrogen (secondary N) is 1. The molecule has 1 saturated carbocycles. The highest BCUT2D eigenvalue weighted by molar-refractivity contribution is 5.89. The fourth-order valence-electron chi connectivity index (χ4n) is 3.04. The number of carbonyl (C=O) groups is 1. The van der Waals surface area contributed by atoms with E-state index < -0.39 is 0 Å². The first-order valence-electron chi connectivity index (χ1n) is 6.30. The van der Waals surface area contributed by atoms with Crippen LogP contribution in [0.2, 0.25) is 0 Å². The molecule has 1 aliphatic heterocycles. The van der Waals surface area contributed by atoms with E-state index in [0.717, 1.165) is 6.54 Å². The second kappa shape index (κ2) is 4.49. The summed E-state index contributed by atoms with van der Waals surface area (Å²) >= 11 is 0. The fourth-order valence-corrected chi connectivity index (χ4v) is 3.04. The Balaban J connectivity index is 1.57. The molecule has 0 amide bonds. The largest absolute Gasteiger partial charge is 0.462 e. The maximum absolute atomic E-state index is 11.8. The molecule has 2 aliphatic rings. The van der Waals surface area contributed by atoms with Crippen LogP contribution < -0.4 is 5.32 Å². The lowest BCUT2D eigenvalue weighted by atomic mass is 9.99. The number of piperidine rings is 1. The number of ether oxygens (including phenoxy) is 1. The molecule has 0 radical (unpaired) electrons. The summed E-state index contributed by atoms with van der Waals surface area (Å²) in [6.45, 7) is 1.66. The Labute approximate surface area is 101 Å². The van der Waals surface area contributed by atoms with Crippen molar-refractivity contribution in [2.75, 3.05) is 13.2 Å². The van der Waals surface area contributed by atoms with E-state index in [1.165, 1.54) is 12.8 Å². The van der Waals surface area contributed by atoms with E-state index in [4.69, 9.17) is 4.74 Å². The number of fused-ring (bicyclic) bond motifs is 2. The standard InChI is InChI=1S/C14H17NO2/c16-14(10-4-2-1-3-5-10)17-9-12-11-6-7-13(12)15-8-11/h1-5,11-13,15H,6-9H2. The molecular weight excluding hydrogens is 214 g/mol. The molecule has 0 spiro atoms. The molecule has 1 heterocycles. The number of hydrogen-bond donors (Lipinski definition) is 1. The average Bonchev–Trinajstić information content (AvgIpc) is 2.96. The van der Waals surface area contributed by atoms with E-state index in [-0.39, 0.29) is 5.97 Å². The maximum Gasteiger partial charge on any atom is 0.338 e. The number of esters is 1. The van der Waals surface area contributed by atoms with Crippen LogP contribution in [0.25, 0.3) is 0 Å². The van der Waals surface area contributed by atoms with E-state index in [9.17, 15) is 4.79 Å². The summed E-state index contributed by atoms with van der Waals surface area (Å²) in [6, 6.07) is 9.78. The topological polar surface area (TPSA) is 38.3 Å². The van der Waals surface area contributed by atoms with Crippen molar-refractivity contribution in [3.8, 4) is 0 Å². The highest BCUT2D eigenvalue weighted by Crippen LogP contribution is 2.37. The molecule has 2 bridgehead atoms. The first kappa shape index (κ1) is 10.8. The summed E-state index contributed by atoms with van der Waals surface area (Å²) in [7, 11) is 0. The molecule has 1 aromatic carbocycles. The van der Waals surface area contributed by atoms with Crippen molar-refractivity contribution in [1.82, 2.24) is 5.32 Å². The molecule has 1 aromatic rings. The van der Waals surface area contributed by atoms with Crippen molar-refractivity contribution in [2.45, 2.75) is 18.9 Å². The lowest BCUT2D eigenvalue weighted by Crippen LogP contribution is -2.28. The van der Waals surface area contributed by atoms with Gasteiger partial charge in [0.25, 0.3) is 0 Å². The summed E-state index contributed by atoms with van der Waals surface area (Å²) in [4.78, 5) is 11.8. The summed E-state index contributed by atoms with van der Waals surface area (Å²) in [5, 5.41) is 3.48. The van der Waals surface area contributed by atoms with Crippen LogP contribution >= 0.6 is 0 Å². The van der Waals surface area contributed by atoms with Gasteiger partial charge in [0.05, 0.1) is 12.2 Å². The first-order valence-corrected chi connectivity index (χ1v) is 6.30. The van der Waals surface area contributed by atoms with E-state index in [1.54, 1.807) is 12.1 Å². The quantitative estimate of drug-likeness (QED) is 0.807. The van der Waals surface area contributed by atoms with Crippen molar-refractivity contribution in [1.29, 1.82) is 0 Å². The van der Waals surface area contributed by atoms with E-state index in [2.05, 4.69) is 5.32 Å². The van der Waals surface area contributed by atoms with Gasteiger partial charge in [-0.1, -0.05) is 18.2 Å². The summed E-state index contributed by atoms with van der Waals surface area (Å²) < 4.78 is 5.41. The molecule has 0 aromatic heterocycles. The van der Waals surface area contributed by atoms with Crippen LogP contribution in [0, 0.1) is 11.8 Å². The molecule has 1 N–H and O–H groups in total. The lowest BCUT2D eigenvalue weighted by Gasteiger charge is -2.14. The zero-order chi connectivity index (χ0) is 11.7. The molecule has 3 nitrogen and oxygen atoms in total. The van der Waals surface area contributed by atoms with Gasteiger partial charge in [0, 0.05) is 12.0 Å². The number of carbonyl (C=O) groups excluding carboxylic acids is 1. The Hall–Kier alpha value is -1.35. The molecule has 3 unspecified atom stereocenters. The Bertz CT molecular complexity index is 384. The minimum absolute atomic E-state index is 0.197. The number of hydrogen-bond acceptors (Lipinski definition) is 3. The van der Waals surface area contributed by atoms with Gasteiger partial charge in [-0.3, -0.25) is 0 Å². The van der Waals surface area contributed by atoms with E-state index in [0.29, 0.717) is 30.0 Å². The van der Waals surface area contributed by atoms with Crippen molar-refractivity contribution >= 4 is 5.97 Å². The second-order valence-corrected chi connectivity index (χ2v) is 4.98. The second-order valence-electron chi connectivity index (χ2n) is 4.98. The summed E-state index contributed by atoms with van der Waals surface area (Å²) in [6.07, 6.45) is 2.52. The minimum Gasteiger partial charge on any atom is -0.462 e. The lowest BCUT2D eigenvalue weighted by molar-refractivity contribution is 0.0422. The third kappa shape index (κ3) is 2.07. The molecule has 1 aliphatic carbocycles. The third-order valence-corrected chi connectivity index (χ3v) is 4.03. The van der Waals surface area contributed by atoms with E-state index in [1.807, 2.05) is 18.2 Å². The fraction of sp³-hybridized carbons (Fsp3) is 0.500. The van der Waals surface area contributed by atoms with Crippen molar-refractivity contribution in [3.63, 3.8) is 0 Å². The summed E-state index contributed by atoms with van der Waals surface area (Å²) in [5.41, 5.74) is 0.644. The van der Waals surface area contributed by atoms with Gasteiger partial charge in [-0.05, 0) is 37.4 Å². The average molecular weight is 231 g/mol. The van der Waals surface area contributed by atoms with Crippen LogP contribution in [0.4, 0.5) is 0 Å². The van der Waals surface area contributed by atoms with Crippen LogP contribution in [-0.2, 0) is 4.74 Å².